The van der Waals surface area contributed by atoms with Crippen LogP contribution in [0.1, 0.15) is 65.7 Å². The predicted octanol–water partition coefficient (Wildman–Crippen LogP) is 3.26. The van der Waals surface area contributed by atoms with E-state index in [-0.39, 0.29) is 11.8 Å². The molecular formula is C19H26N2O3. The molecule has 0 unspecified atom stereocenters. The van der Waals surface area contributed by atoms with Gasteiger partial charge in [-0.25, -0.2) is 0 Å². The van der Waals surface area contributed by atoms with Gasteiger partial charge in [0.15, 0.2) is 0 Å². The third-order valence-electron chi connectivity index (χ3n) is 4.74. The SMILES string of the molecule is O=C1c2ccccc2C(=O)N1CCCCCCCN1CCCCO1. The van der Waals surface area contributed by atoms with Gasteiger partial charge in [0.25, 0.3) is 11.8 Å². The zero-order valence-corrected chi connectivity index (χ0v) is 14.2. The van der Waals surface area contributed by atoms with Gasteiger partial charge in [0.05, 0.1) is 17.7 Å². The van der Waals surface area contributed by atoms with Crippen molar-refractivity contribution in [2.75, 3.05) is 26.2 Å². The average molecular weight is 330 g/mol. The molecule has 3 rings (SSSR count). The minimum atomic E-state index is -0.141. The Hall–Kier alpha value is -1.72. The minimum absolute atomic E-state index is 0.141. The van der Waals surface area contributed by atoms with Crippen molar-refractivity contribution < 1.29 is 14.4 Å². The fourth-order valence-electron chi connectivity index (χ4n) is 3.36. The van der Waals surface area contributed by atoms with Gasteiger partial charge in [-0.2, -0.15) is 5.06 Å². The molecule has 5 nitrogen and oxygen atoms in total. The van der Waals surface area contributed by atoms with Gasteiger partial charge in [-0.3, -0.25) is 19.3 Å². The van der Waals surface area contributed by atoms with Crippen molar-refractivity contribution in [1.29, 1.82) is 0 Å². The van der Waals surface area contributed by atoms with E-state index in [2.05, 4.69) is 5.06 Å². The minimum Gasteiger partial charge on any atom is -0.299 e. The maximum atomic E-state index is 12.2. The molecule has 2 heterocycles. The van der Waals surface area contributed by atoms with Crippen LogP contribution in [0.3, 0.4) is 0 Å². The summed E-state index contributed by atoms with van der Waals surface area (Å²) in [6, 6.07) is 7.08. The van der Waals surface area contributed by atoms with E-state index < -0.39 is 0 Å². The number of rotatable bonds is 8. The van der Waals surface area contributed by atoms with E-state index >= 15 is 0 Å². The molecule has 0 bridgehead atoms. The van der Waals surface area contributed by atoms with Crippen molar-refractivity contribution in [3.05, 3.63) is 35.4 Å². The molecule has 0 N–H and O–H groups in total. The molecule has 1 aromatic carbocycles. The summed E-state index contributed by atoms with van der Waals surface area (Å²) in [4.78, 5) is 31.4. The Morgan fingerprint density at radius 1 is 0.833 bits per heavy atom. The van der Waals surface area contributed by atoms with Gasteiger partial charge in [0, 0.05) is 19.6 Å². The predicted molar refractivity (Wildman–Crippen MR) is 91.7 cm³/mol. The molecule has 0 spiro atoms. The number of carbonyl (C=O) groups excluding carboxylic acids is 2. The van der Waals surface area contributed by atoms with Crippen LogP contribution in [-0.2, 0) is 4.84 Å². The maximum Gasteiger partial charge on any atom is 0.261 e. The van der Waals surface area contributed by atoms with E-state index in [1.54, 1.807) is 24.3 Å². The van der Waals surface area contributed by atoms with Gasteiger partial charge < -0.3 is 0 Å². The van der Waals surface area contributed by atoms with Gasteiger partial charge in [-0.1, -0.05) is 31.4 Å². The van der Waals surface area contributed by atoms with Crippen LogP contribution in [0.5, 0.6) is 0 Å². The number of hydroxylamine groups is 2. The van der Waals surface area contributed by atoms with Crippen LogP contribution in [0.25, 0.3) is 0 Å². The number of unbranched alkanes of at least 4 members (excludes halogenated alkanes) is 4. The van der Waals surface area contributed by atoms with E-state index in [4.69, 9.17) is 4.84 Å². The normalized spacial score (nSPS) is 18.2. The molecular weight excluding hydrogens is 304 g/mol. The summed E-state index contributed by atoms with van der Waals surface area (Å²) < 4.78 is 0. The Morgan fingerprint density at radius 2 is 1.46 bits per heavy atom. The monoisotopic (exact) mass is 330 g/mol. The van der Waals surface area contributed by atoms with Crippen LogP contribution in [0.2, 0.25) is 0 Å². The molecule has 0 aliphatic carbocycles. The van der Waals surface area contributed by atoms with Crippen LogP contribution in [0.15, 0.2) is 24.3 Å². The number of hydrogen-bond acceptors (Lipinski definition) is 4. The highest BCUT2D eigenvalue weighted by Crippen LogP contribution is 2.22. The Balaban J connectivity index is 1.30. The Kier molecular flexibility index (Phi) is 5.99. The summed E-state index contributed by atoms with van der Waals surface area (Å²) in [6.07, 6.45) is 7.79. The second kappa shape index (κ2) is 8.40. The third-order valence-corrected chi connectivity index (χ3v) is 4.74. The standard InChI is InChI=1S/C19H26N2O3/c22-18-16-10-4-5-11-17(16)19(23)21(18)14-7-3-1-2-6-12-20-13-8-9-15-24-20/h4-5,10-11H,1-3,6-9,12-15H2. The number of amides is 2. The molecule has 2 amide bonds. The Morgan fingerprint density at radius 3 is 2.08 bits per heavy atom. The van der Waals surface area contributed by atoms with E-state index in [1.165, 1.54) is 24.2 Å². The molecule has 2 aliphatic rings. The third kappa shape index (κ3) is 4.02. The zero-order valence-electron chi connectivity index (χ0n) is 14.2. The summed E-state index contributed by atoms with van der Waals surface area (Å²) in [5.74, 6) is -0.282. The number of hydrogen-bond donors (Lipinski definition) is 0. The van der Waals surface area contributed by atoms with Crippen molar-refractivity contribution in [2.24, 2.45) is 0 Å². The maximum absolute atomic E-state index is 12.2. The summed E-state index contributed by atoms with van der Waals surface area (Å²) in [5, 5.41) is 2.09. The Bertz CT molecular complexity index is 547. The van der Waals surface area contributed by atoms with Gasteiger partial charge in [-0.15, -0.1) is 0 Å². The fraction of sp³-hybridized carbons (Fsp3) is 0.579. The first-order chi connectivity index (χ1) is 11.8. The number of carbonyl (C=O) groups is 2. The quantitative estimate of drug-likeness (QED) is 0.542. The lowest BCUT2D eigenvalue weighted by molar-refractivity contribution is -0.180. The molecule has 1 aromatic rings. The lowest BCUT2D eigenvalue weighted by Crippen LogP contribution is -2.31. The summed E-state index contributed by atoms with van der Waals surface area (Å²) in [6.45, 7) is 3.46. The van der Waals surface area contributed by atoms with Crippen LogP contribution < -0.4 is 0 Å². The molecule has 5 heteroatoms. The number of imide groups is 1. The fourth-order valence-corrected chi connectivity index (χ4v) is 3.36. The van der Waals surface area contributed by atoms with Gasteiger partial charge in [0.1, 0.15) is 0 Å². The molecule has 1 saturated heterocycles. The highest BCUT2D eigenvalue weighted by atomic mass is 16.7. The molecule has 1 fully saturated rings. The van der Waals surface area contributed by atoms with Gasteiger partial charge in [-0.05, 0) is 37.8 Å². The highest BCUT2D eigenvalue weighted by Gasteiger charge is 2.34. The molecule has 0 saturated carbocycles. The van der Waals surface area contributed by atoms with Crippen molar-refractivity contribution in [3.63, 3.8) is 0 Å². The first-order valence-electron chi connectivity index (χ1n) is 9.10. The molecule has 130 valence electrons. The topological polar surface area (TPSA) is 49.9 Å². The molecule has 2 aliphatic heterocycles. The lowest BCUT2D eigenvalue weighted by atomic mass is 10.1. The average Bonchev–Trinajstić information content (AvgIpc) is 2.87. The molecule has 0 atom stereocenters. The molecule has 0 radical (unpaired) electrons. The second-order valence-electron chi connectivity index (χ2n) is 6.54. The number of fused-ring (bicyclic) bond motifs is 1. The zero-order chi connectivity index (χ0) is 16.8. The Labute approximate surface area is 143 Å². The smallest absolute Gasteiger partial charge is 0.261 e. The van der Waals surface area contributed by atoms with Crippen LogP contribution in [0.4, 0.5) is 0 Å². The van der Waals surface area contributed by atoms with Crippen molar-refractivity contribution in [3.8, 4) is 0 Å². The summed E-state index contributed by atoms with van der Waals surface area (Å²) in [5.41, 5.74) is 1.09. The number of benzene rings is 1. The summed E-state index contributed by atoms with van der Waals surface area (Å²) >= 11 is 0. The van der Waals surface area contributed by atoms with Crippen LogP contribution in [0, 0.1) is 0 Å². The van der Waals surface area contributed by atoms with Crippen molar-refractivity contribution in [2.45, 2.75) is 44.9 Å². The van der Waals surface area contributed by atoms with Gasteiger partial charge in [0.2, 0.25) is 0 Å². The first-order valence-corrected chi connectivity index (χ1v) is 9.10. The molecule has 24 heavy (non-hydrogen) atoms. The van der Waals surface area contributed by atoms with Gasteiger partial charge >= 0.3 is 0 Å². The van der Waals surface area contributed by atoms with Crippen molar-refractivity contribution in [1.82, 2.24) is 9.96 Å². The highest BCUT2D eigenvalue weighted by molar-refractivity contribution is 6.21. The number of nitrogens with zero attached hydrogens (tertiary/aromatic N) is 2. The first kappa shape index (κ1) is 17.1. The van der Waals surface area contributed by atoms with E-state index in [0.717, 1.165) is 45.4 Å². The molecule has 0 aromatic heterocycles. The summed E-state index contributed by atoms with van der Waals surface area (Å²) in [7, 11) is 0. The van der Waals surface area contributed by atoms with E-state index in [0.29, 0.717) is 17.7 Å². The second-order valence-corrected chi connectivity index (χ2v) is 6.54. The lowest BCUT2D eigenvalue weighted by Gasteiger charge is -2.25. The largest absolute Gasteiger partial charge is 0.299 e. The van der Waals surface area contributed by atoms with E-state index in [1.807, 2.05) is 0 Å². The van der Waals surface area contributed by atoms with E-state index in [9.17, 15) is 9.59 Å². The van der Waals surface area contributed by atoms with Crippen LogP contribution in [-0.4, -0.2) is 48.0 Å². The van der Waals surface area contributed by atoms with Crippen molar-refractivity contribution >= 4 is 11.8 Å². The van der Waals surface area contributed by atoms with Crippen LogP contribution >= 0.6 is 0 Å².